The van der Waals surface area contributed by atoms with E-state index in [4.69, 9.17) is 11.6 Å². The fourth-order valence-electron chi connectivity index (χ4n) is 2.86. The third-order valence-corrected chi connectivity index (χ3v) is 3.69. The first-order valence-electron chi connectivity index (χ1n) is 6.80. The zero-order valence-corrected chi connectivity index (χ0v) is 12.3. The number of benzene rings is 1. The zero-order chi connectivity index (χ0) is 13.8. The molecule has 0 aliphatic carbocycles. The monoisotopic (exact) mass is 280 g/mol. The summed E-state index contributed by atoms with van der Waals surface area (Å²) in [6.07, 6.45) is 1.26. The van der Waals surface area contributed by atoms with E-state index in [0.717, 1.165) is 18.8 Å². The standard InChI is InChI=1S/C15H21ClN2O/c1-11-7-12(2)9-18(8-11)10-15(19)17-14-5-3-13(16)4-6-14/h3-6,11-12H,7-10H2,1-2H3,(H,17,19)/t11-,12-/m0/s1. The van der Waals surface area contributed by atoms with Crippen molar-refractivity contribution in [2.75, 3.05) is 25.0 Å². The molecule has 0 radical (unpaired) electrons. The molecule has 0 unspecified atom stereocenters. The molecule has 1 aliphatic heterocycles. The second-order valence-corrected chi connectivity index (χ2v) is 6.13. The summed E-state index contributed by atoms with van der Waals surface area (Å²) in [6, 6.07) is 7.20. The van der Waals surface area contributed by atoms with E-state index in [0.29, 0.717) is 23.4 Å². The predicted molar refractivity (Wildman–Crippen MR) is 79.5 cm³/mol. The summed E-state index contributed by atoms with van der Waals surface area (Å²) in [5.74, 6) is 1.39. The average Bonchev–Trinajstić information content (AvgIpc) is 2.30. The molecule has 4 heteroatoms. The summed E-state index contributed by atoms with van der Waals surface area (Å²) in [5.41, 5.74) is 0.799. The molecule has 104 valence electrons. The number of nitrogens with one attached hydrogen (secondary N) is 1. The van der Waals surface area contributed by atoms with Crippen LogP contribution in [-0.4, -0.2) is 30.4 Å². The van der Waals surface area contributed by atoms with Crippen molar-refractivity contribution in [3.05, 3.63) is 29.3 Å². The van der Waals surface area contributed by atoms with Crippen molar-refractivity contribution < 1.29 is 4.79 Å². The van der Waals surface area contributed by atoms with Gasteiger partial charge in [0.1, 0.15) is 0 Å². The Bertz CT molecular complexity index is 422. The van der Waals surface area contributed by atoms with Gasteiger partial charge in [0.15, 0.2) is 0 Å². The van der Waals surface area contributed by atoms with Crippen LogP contribution in [0.15, 0.2) is 24.3 Å². The number of rotatable bonds is 3. The molecule has 1 amide bonds. The van der Waals surface area contributed by atoms with Crippen LogP contribution in [0.3, 0.4) is 0 Å². The van der Waals surface area contributed by atoms with E-state index in [1.54, 1.807) is 12.1 Å². The fraction of sp³-hybridized carbons (Fsp3) is 0.533. The van der Waals surface area contributed by atoms with Gasteiger partial charge in [0.25, 0.3) is 0 Å². The van der Waals surface area contributed by atoms with Crippen LogP contribution in [-0.2, 0) is 4.79 Å². The molecule has 1 heterocycles. The first kappa shape index (κ1) is 14.4. The van der Waals surface area contributed by atoms with Gasteiger partial charge in [-0.2, -0.15) is 0 Å². The molecular formula is C15H21ClN2O. The third kappa shape index (κ3) is 4.51. The van der Waals surface area contributed by atoms with E-state index in [1.807, 2.05) is 12.1 Å². The molecule has 1 aromatic rings. The van der Waals surface area contributed by atoms with Crippen LogP contribution in [0.5, 0.6) is 0 Å². The molecule has 0 spiro atoms. The van der Waals surface area contributed by atoms with Crippen LogP contribution in [0.2, 0.25) is 5.02 Å². The van der Waals surface area contributed by atoms with E-state index in [2.05, 4.69) is 24.1 Å². The van der Waals surface area contributed by atoms with Gasteiger partial charge in [-0.05, 0) is 42.5 Å². The minimum absolute atomic E-state index is 0.0450. The molecule has 2 rings (SSSR count). The summed E-state index contributed by atoms with van der Waals surface area (Å²) >= 11 is 5.81. The molecule has 0 aromatic heterocycles. The summed E-state index contributed by atoms with van der Waals surface area (Å²) < 4.78 is 0. The van der Waals surface area contributed by atoms with E-state index in [-0.39, 0.29) is 5.91 Å². The Kier molecular flexibility index (Phi) is 4.83. The lowest BCUT2D eigenvalue weighted by atomic mass is 9.92. The van der Waals surface area contributed by atoms with Gasteiger partial charge < -0.3 is 5.32 Å². The van der Waals surface area contributed by atoms with Crippen molar-refractivity contribution in [3.63, 3.8) is 0 Å². The molecule has 1 aliphatic rings. The first-order chi connectivity index (χ1) is 9.02. The number of halogens is 1. The molecule has 0 saturated carbocycles. The summed E-state index contributed by atoms with van der Waals surface area (Å²) in [4.78, 5) is 14.2. The summed E-state index contributed by atoms with van der Waals surface area (Å²) in [6.45, 7) is 6.99. The highest BCUT2D eigenvalue weighted by Gasteiger charge is 2.23. The van der Waals surface area contributed by atoms with E-state index >= 15 is 0 Å². The number of hydrogen-bond donors (Lipinski definition) is 1. The molecule has 0 bridgehead atoms. The zero-order valence-electron chi connectivity index (χ0n) is 11.5. The van der Waals surface area contributed by atoms with Crippen LogP contribution >= 0.6 is 11.6 Å². The summed E-state index contributed by atoms with van der Waals surface area (Å²) in [7, 11) is 0. The third-order valence-electron chi connectivity index (χ3n) is 3.44. The Morgan fingerprint density at radius 2 is 1.84 bits per heavy atom. The van der Waals surface area contributed by atoms with Crippen molar-refractivity contribution in [3.8, 4) is 0 Å². The maximum Gasteiger partial charge on any atom is 0.238 e. The van der Waals surface area contributed by atoms with Crippen molar-refractivity contribution in [1.29, 1.82) is 0 Å². The molecule has 1 aromatic carbocycles. The highest BCUT2D eigenvalue weighted by atomic mass is 35.5. The normalized spacial score (nSPS) is 24.2. The second-order valence-electron chi connectivity index (χ2n) is 5.70. The summed E-state index contributed by atoms with van der Waals surface area (Å²) in [5, 5.41) is 3.58. The molecule has 1 N–H and O–H groups in total. The number of piperidine rings is 1. The van der Waals surface area contributed by atoms with Gasteiger partial charge in [-0.15, -0.1) is 0 Å². The molecule has 2 atom stereocenters. The quantitative estimate of drug-likeness (QED) is 0.922. The number of nitrogens with zero attached hydrogens (tertiary/aromatic N) is 1. The Hall–Kier alpha value is -1.06. The van der Waals surface area contributed by atoms with Gasteiger partial charge in [-0.1, -0.05) is 25.4 Å². The van der Waals surface area contributed by atoms with E-state index in [9.17, 15) is 4.79 Å². The minimum Gasteiger partial charge on any atom is -0.325 e. The van der Waals surface area contributed by atoms with Gasteiger partial charge >= 0.3 is 0 Å². The highest BCUT2D eigenvalue weighted by molar-refractivity contribution is 6.30. The SMILES string of the molecule is C[C@H]1C[C@H](C)CN(CC(=O)Nc2ccc(Cl)cc2)C1. The van der Waals surface area contributed by atoms with Crippen LogP contribution in [0.4, 0.5) is 5.69 Å². The van der Waals surface area contributed by atoms with Crippen LogP contribution < -0.4 is 5.32 Å². The lowest BCUT2D eigenvalue weighted by Gasteiger charge is -2.34. The average molecular weight is 281 g/mol. The van der Waals surface area contributed by atoms with Crippen molar-refractivity contribution >= 4 is 23.2 Å². The number of amides is 1. The maximum atomic E-state index is 12.0. The number of anilines is 1. The Morgan fingerprint density at radius 3 is 2.42 bits per heavy atom. The lowest BCUT2D eigenvalue weighted by Crippen LogP contribution is -2.42. The lowest BCUT2D eigenvalue weighted by molar-refractivity contribution is -0.117. The van der Waals surface area contributed by atoms with Crippen LogP contribution in [0, 0.1) is 11.8 Å². The van der Waals surface area contributed by atoms with Crippen molar-refractivity contribution in [2.24, 2.45) is 11.8 Å². The van der Waals surface area contributed by atoms with Gasteiger partial charge in [0.2, 0.25) is 5.91 Å². The molecule has 1 saturated heterocycles. The Balaban J connectivity index is 1.85. The van der Waals surface area contributed by atoms with Gasteiger partial charge in [-0.3, -0.25) is 9.69 Å². The minimum atomic E-state index is 0.0450. The number of likely N-dealkylation sites (tertiary alicyclic amines) is 1. The first-order valence-corrected chi connectivity index (χ1v) is 7.18. The topological polar surface area (TPSA) is 32.3 Å². The Labute approximate surface area is 119 Å². The molecule has 1 fully saturated rings. The smallest absolute Gasteiger partial charge is 0.238 e. The van der Waals surface area contributed by atoms with E-state index in [1.165, 1.54) is 6.42 Å². The van der Waals surface area contributed by atoms with Crippen molar-refractivity contribution in [1.82, 2.24) is 4.90 Å². The van der Waals surface area contributed by atoms with Gasteiger partial charge in [0, 0.05) is 23.8 Å². The number of carbonyl (C=O) groups excluding carboxylic acids is 1. The van der Waals surface area contributed by atoms with Gasteiger partial charge in [0.05, 0.1) is 6.54 Å². The predicted octanol–water partition coefficient (Wildman–Crippen LogP) is 3.26. The number of hydrogen-bond acceptors (Lipinski definition) is 2. The second kappa shape index (κ2) is 6.40. The van der Waals surface area contributed by atoms with Crippen LogP contribution in [0.1, 0.15) is 20.3 Å². The molecule has 3 nitrogen and oxygen atoms in total. The molecular weight excluding hydrogens is 260 g/mol. The van der Waals surface area contributed by atoms with Gasteiger partial charge in [-0.25, -0.2) is 0 Å². The maximum absolute atomic E-state index is 12.0. The fourth-order valence-corrected chi connectivity index (χ4v) is 2.98. The van der Waals surface area contributed by atoms with Crippen molar-refractivity contribution in [2.45, 2.75) is 20.3 Å². The largest absolute Gasteiger partial charge is 0.325 e. The number of carbonyl (C=O) groups is 1. The Morgan fingerprint density at radius 1 is 1.26 bits per heavy atom. The van der Waals surface area contributed by atoms with E-state index < -0.39 is 0 Å². The highest BCUT2D eigenvalue weighted by Crippen LogP contribution is 2.20. The molecule has 19 heavy (non-hydrogen) atoms. The van der Waals surface area contributed by atoms with Crippen LogP contribution in [0.25, 0.3) is 0 Å².